The van der Waals surface area contributed by atoms with Crippen LogP contribution in [0.25, 0.3) is 27.5 Å². The van der Waals surface area contributed by atoms with Crippen LogP contribution < -0.4 is 26.2 Å². The molecule has 254 valence electrons. The summed E-state index contributed by atoms with van der Waals surface area (Å²) in [5.74, 6) is 0. The SMILES string of the molecule is CC(C)(C)c1cc2c3c(c1)C1(C)CCCCC1(C)N3c1cc(N(c3ccccc3)c3ccccc3)cc3c1B2c1cccc2c4ccccc4n-3c12. The molecule has 2 unspecified atom stereocenters. The molecule has 4 aliphatic rings. The Labute approximate surface area is 307 Å². The Morgan fingerprint density at radius 1 is 0.635 bits per heavy atom. The molecule has 3 aliphatic heterocycles. The van der Waals surface area contributed by atoms with Crippen LogP contribution in [0.4, 0.5) is 28.4 Å². The summed E-state index contributed by atoms with van der Waals surface area (Å²) in [7, 11) is 0. The molecule has 4 heteroatoms. The van der Waals surface area contributed by atoms with Crippen LogP contribution in [-0.2, 0) is 10.8 Å². The second-order valence-corrected chi connectivity index (χ2v) is 17.3. The van der Waals surface area contributed by atoms with E-state index < -0.39 is 0 Å². The predicted molar refractivity (Wildman–Crippen MR) is 222 cm³/mol. The standard InChI is InChI=1S/C48H44BN3/c1-46(2,3)31-27-37-45-39(28-31)49-38-23-16-22-36-35-21-12-13-24-40(35)51(44(36)38)41-29-34(50(32-17-8-6-9-18-32)33-19-10-7-11-20-33)30-42(43(41)49)52(45)48(5)26-15-14-25-47(37,48)4/h6-13,16-24,27-30H,14-15,25-26H2,1-5H3. The van der Waals surface area contributed by atoms with Gasteiger partial charge in [0.15, 0.2) is 0 Å². The number of aromatic nitrogens is 1. The van der Waals surface area contributed by atoms with E-state index in [0.29, 0.717) is 0 Å². The molecule has 1 aliphatic carbocycles. The molecule has 0 bridgehead atoms. The average molecular weight is 674 g/mol. The van der Waals surface area contributed by atoms with Crippen molar-refractivity contribution < 1.29 is 0 Å². The van der Waals surface area contributed by atoms with Crippen molar-refractivity contribution in [3.8, 4) is 5.69 Å². The topological polar surface area (TPSA) is 11.4 Å². The lowest BCUT2D eigenvalue weighted by Crippen LogP contribution is -2.64. The third-order valence-electron chi connectivity index (χ3n) is 13.6. The predicted octanol–water partition coefficient (Wildman–Crippen LogP) is 10.4. The molecule has 0 N–H and O–H groups in total. The van der Waals surface area contributed by atoms with Gasteiger partial charge in [0.25, 0.3) is 6.71 Å². The van der Waals surface area contributed by atoms with Crippen molar-refractivity contribution in [3.05, 3.63) is 139 Å². The minimum absolute atomic E-state index is 0.0365. The molecule has 11 rings (SSSR count). The highest BCUT2D eigenvalue weighted by molar-refractivity contribution is 7.00. The van der Waals surface area contributed by atoms with Crippen molar-refractivity contribution in [1.82, 2.24) is 4.57 Å². The van der Waals surface area contributed by atoms with Gasteiger partial charge in [-0.15, -0.1) is 0 Å². The van der Waals surface area contributed by atoms with Crippen LogP contribution in [0.5, 0.6) is 0 Å². The molecule has 1 aromatic heterocycles. The monoisotopic (exact) mass is 673 g/mol. The van der Waals surface area contributed by atoms with E-state index >= 15 is 0 Å². The number of rotatable bonds is 3. The molecular weight excluding hydrogens is 629 g/mol. The second-order valence-electron chi connectivity index (χ2n) is 17.3. The molecule has 0 amide bonds. The average Bonchev–Trinajstić information content (AvgIpc) is 3.60. The molecular formula is C48H44BN3. The fourth-order valence-corrected chi connectivity index (χ4v) is 10.9. The smallest absolute Gasteiger partial charge is 0.252 e. The Morgan fingerprint density at radius 2 is 1.29 bits per heavy atom. The number of benzene rings is 6. The number of anilines is 5. The molecule has 0 spiro atoms. The minimum atomic E-state index is -0.0500. The molecule has 7 aromatic rings. The van der Waals surface area contributed by atoms with E-state index in [1.54, 1.807) is 5.56 Å². The van der Waals surface area contributed by atoms with E-state index in [0.717, 1.165) is 11.4 Å². The van der Waals surface area contributed by atoms with Crippen molar-refractivity contribution in [2.24, 2.45) is 0 Å². The highest BCUT2D eigenvalue weighted by Crippen LogP contribution is 2.62. The van der Waals surface area contributed by atoms with Gasteiger partial charge in [-0.3, -0.25) is 0 Å². The van der Waals surface area contributed by atoms with Crippen LogP contribution in [0.15, 0.2) is 127 Å². The van der Waals surface area contributed by atoms with Crippen LogP contribution in [0.1, 0.15) is 71.4 Å². The maximum atomic E-state index is 2.87. The minimum Gasteiger partial charge on any atom is -0.335 e. The van der Waals surface area contributed by atoms with E-state index in [-0.39, 0.29) is 23.1 Å². The van der Waals surface area contributed by atoms with Gasteiger partial charge in [0.1, 0.15) is 0 Å². The lowest BCUT2D eigenvalue weighted by atomic mass is 9.33. The number of fused-ring (bicyclic) bond motifs is 10. The van der Waals surface area contributed by atoms with Crippen molar-refractivity contribution in [1.29, 1.82) is 0 Å². The van der Waals surface area contributed by atoms with Crippen LogP contribution in [0, 0.1) is 0 Å². The van der Waals surface area contributed by atoms with Crippen molar-refractivity contribution in [3.63, 3.8) is 0 Å². The van der Waals surface area contributed by atoms with Crippen LogP contribution >= 0.6 is 0 Å². The number of hydrogen-bond acceptors (Lipinski definition) is 2. The van der Waals surface area contributed by atoms with Crippen molar-refractivity contribution in [2.45, 2.75) is 76.7 Å². The molecule has 1 saturated carbocycles. The highest BCUT2D eigenvalue weighted by Gasteiger charge is 2.61. The molecule has 52 heavy (non-hydrogen) atoms. The van der Waals surface area contributed by atoms with Crippen LogP contribution in [0.2, 0.25) is 0 Å². The van der Waals surface area contributed by atoms with E-state index in [4.69, 9.17) is 0 Å². The summed E-state index contributed by atoms with van der Waals surface area (Å²) in [5, 5.41) is 2.66. The zero-order valence-electron chi connectivity index (χ0n) is 30.9. The lowest BCUT2D eigenvalue weighted by Gasteiger charge is -2.52. The maximum Gasteiger partial charge on any atom is 0.252 e. The first-order chi connectivity index (χ1) is 25.2. The normalized spacial score (nSPS) is 20.9. The fourth-order valence-electron chi connectivity index (χ4n) is 10.9. The van der Waals surface area contributed by atoms with E-state index in [9.17, 15) is 0 Å². The molecule has 2 atom stereocenters. The van der Waals surface area contributed by atoms with E-state index in [1.807, 2.05) is 0 Å². The van der Waals surface area contributed by atoms with Crippen LogP contribution in [0.3, 0.4) is 0 Å². The first-order valence-corrected chi connectivity index (χ1v) is 19.3. The van der Waals surface area contributed by atoms with Gasteiger partial charge in [-0.1, -0.05) is 125 Å². The quantitative estimate of drug-likeness (QED) is 0.173. The van der Waals surface area contributed by atoms with Gasteiger partial charge in [0, 0.05) is 50.1 Å². The largest absolute Gasteiger partial charge is 0.335 e. The third kappa shape index (κ3) is 3.73. The molecule has 1 fully saturated rings. The summed E-state index contributed by atoms with van der Waals surface area (Å²) in [5.41, 5.74) is 17.7. The zero-order chi connectivity index (χ0) is 35.1. The van der Waals surface area contributed by atoms with Gasteiger partial charge >= 0.3 is 0 Å². The van der Waals surface area contributed by atoms with Gasteiger partial charge in [-0.25, -0.2) is 0 Å². The zero-order valence-corrected chi connectivity index (χ0v) is 30.9. The molecule has 4 heterocycles. The molecule has 3 nitrogen and oxygen atoms in total. The van der Waals surface area contributed by atoms with Crippen molar-refractivity contribution >= 4 is 73.3 Å². The summed E-state index contributed by atoms with van der Waals surface area (Å²) in [4.78, 5) is 5.33. The first kappa shape index (κ1) is 30.4. The number of nitrogens with zero attached hydrogens (tertiary/aromatic N) is 3. The van der Waals surface area contributed by atoms with Gasteiger partial charge in [-0.05, 0) is 95.2 Å². The highest BCUT2D eigenvalue weighted by atomic mass is 15.3. The molecule has 0 radical (unpaired) electrons. The van der Waals surface area contributed by atoms with Crippen LogP contribution in [-0.4, -0.2) is 16.8 Å². The first-order valence-electron chi connectivity index (χ1n) is 19.3. The Morgan fingerprint density at radius 3 is 2.02 bits per heavy atom. The molecule has 6 aromatic carbocycles. The summed E-state index contributed by atoms with van der Waals surface area (Å²) >= 11 is 0. The Balaban J connectivity index is 1.33. The summed E-state index contributed by atoms with van der Waals surface area (Å²) in [6, 6.07) is 48.3. The summed E-state index contributed by atoms with van der Waals surface area (Å²) in [6.45, 7) is 12.5. The number of para-hydroxylation sites is 4. The Kier molecular flexibility index (Phi) is 5.98. The van der Waals surface area contributed by atoms with E-state index in [1.165, 1.54) is 92.2 Å². The maximum absolute atomic E-state index is 2.87. The van der Waals surface area contributed by atoms with Gasteiger partial charge in [0.05, 0.1) is 16.7 Å². The van der Waals surface area contributed by atoms with Gasteiger partial charge < -0.3 is 14.4 Å². The lowest BCUT2D eigenvalue weighted by molar-refractivity contribution is 0.195. The number of hydrogen-bond donors (Lipinski definition) is 0. The fraction of sp³-hybridized carbons (Fsp3) is 0.250. The summed E-state index contributed by atoms with van der Waals surface area (Å²) < 4.78 is 2.62. The Bertz CT molecular complexity index is 2580. The van der Waals surface area contributed by atoms with Gasteiger partial charge in [-0.2, -0.15) is 0 Å². The van der Waals surface area contributed by atoms with E-state index in [2.05, 4.69) is 176 Å². The van der Waals surface area contributed by atoms with Crippen molar-refractivity contribution in [2.75, 3.05) is 9.80 Å². The van der Waals surface area contributed by atoms with Gasteiger partial charge in [0.2, 0.25) is 0 Å². The molecule has 0 saturated heterocycles. The summed E-state index contributed by atoms with van der Waals surface area (Å²) in [6.07, 6.45) is 4.94. The third-order valence-corrected chi connectivity index (χ3v) is 13.6. The second kappa shape index (κ2) is 10.2. The Hall–Kier alpha value is -5.22.